The lowest BCUT2D eigenvalue weighted by atomic mass is 9.74. The summed E-state index contributed by atoms with van der Waals surface area (Å²) in [4.78, 5) is 0. The quantitative estimate of drug-likeness (QED) is 0.173. The van der Waals surface area contributed by atoms with Crippen LogP contribution in [0.1, 0.15) is 65.2 Å². The maximum atomic E-state index is 9.65. The normalized spacial score (nSPS) is 19.7. The number of hydrogen-bond acceptors (Lipinski definition) is 4. The van der Waals surface area contributed by atoms with Crippen molar-refractivity contribution in [2.75, 3.05) is 19.7 Å². The van der Waals surface area contributed by atoms with Gasteiger partial charge < -0.3 is 21.4 Å². The molecule has 5 N–H and O–H groups in total. The Hall–Kier alpha value is -0.810. The van der Waals surface area contributed by atoms with Crippen LogP contribution in [0.3, 0.4) is 0 Å². The molecule has 1 rings (SSSR count). The van der Waals surface area contributed by atoms with Crippen molar-refractivity contribution in [1.82, 2.24) is 5.32 Å². The first kappa shape index (κ1) is 18.2. The van der Waals surface area contributed by atoms with E-state index in [4.69, 9.17) is 10.9 Å². The summed E-state index contributed by atoms with van der Waals surface area (Å²) in [6.07, 6.45) is 9.12. The van der Waals surface area contributed by atoms with Crippen LogP contribution in [-0.2, 0) is 0 Å². The third kappa shape index (κ3) is 5.83. The molecule has 0 spiro atoms. The average molecular weight is 299 g/mol. The van der Waals surface area contributed by atoms with Crippen LogP contribution >= 0.6 is 0 Å². The van der Waals surface area contributed by atoms with Gasteiger partial charge in [0.2, 0.25) is 0 Å². The summed E-state index contributed by atoms with van der Waals surface area (Å²) in [7, 11) is 0. The van der Waals surface area contributed by atoms with E-state index >= 15 is 0 Å². The first-order valence-electron chi connectivity index (χ1n) is 8.25. The van der Waals surface area contributed by atoms with Crippen LogP contribution in [0.4, 0.5) is 0 Å². The van der Waals surface area contributed by atoms with E-state index in [1.54, 1.807) is 0 Å². The second-order valence-electron chi connectivity index (χ2n) is 7.22. The van der Waals surface area contributed by atoms with E-state index in [0.717, 1.165) is 45.2 Å². The molecule has 0 unspecified atom stereocenters. The largest absolute Gasteiger partial charge is 0.409 e. The van der Waals surface area contributed by atoms with Crippen LogP contribution in [-0.4, -0.2) is 35.8 Å². The maximum absolute atomic E-state index is 9.65. The first-order valence-corrected chi connectivity index (χ1v) is 8.25. The Morgan fingerprint density at radius 2 is 1.90 bits per heavy atom. The number of aliphatic hydroxyl groups is 1. The average Bonchev–Trinajstić information content (AvgIpc) is 2.50. The highest BCUT2D eigenvalue weighted by Crippen LogP contribution is 2.35. The Morgan fingerprint density at radius 3 is 2.48 bits per heavy atom. The molecule has 124 valence electrons. The van der Waals surface area contributed by atoms with E-state index in [2.05, 4.69) is 10.5 Å². The highest BCUT2D eigenvalue weighted by molar-refractivity contribution is 5.85. The minimum Gasteiger partial charge on any atom is -0.409 e. The van der Waals surface area contributed by atoms with E-state index in [1.165, 1.54) is 19.3 Å². The molecule has 0 aliphatic heterocycles. The van der Waals surface area contributed by atoms with Gasteiger partial charge in [-0.2, -0.15) is 0 Å². The number of oxime groups is 1. The zero-order valence-electron chi connectivity index (χ0n) is 13.7. The van der Waals surface area contributed by atoms with Crippen molar-refractivity contribution in [3.63, 3.8) is 0 Å². The monoisotopic (exact) mass is 299 g/mol. The van der Waals surface area contributed by atoms with Gasteiger partial charge in [-0.05, 0) is 32.2 Å². The van der Waals surface area contributed by atoms with Crippen molar-refractivity contribution in [1.29, 1.82) is 0 Å². The van der Waals surface area contributed by atoms with Crippen LogP contribution in [0.5, 0.6) is 0 Å². The van der Waals surface area contributed by atoms with E-state index in [0.29, 0.717) is 12.4 Å². The number of amidine groups is 1. The SMILES string of the molecule is CC(C)(CCCCNCC1(CO)CCCCC1)C(N)=NO. The van der Waals surface area contributed by atoms with Gasteiger partial charge in [-0.25, -0.2) is 0 Å². The molecule has 0 aromatic heterocycles. The number of nitrogens with zero attached hydrogens (tertiary/aromatic N) is 1. The lowest BCUT2D eigenvalue weighted by molar-refractivity contribution is 0.0814. The molecule has 0 saturated heterocycles. The second-order valence-corrected chi connectivity index (χ2v) is 7.22. The van der Waals surface area contributed by atoms with Gasteiger partial charge in [0.05, 0.1) is 0 Å². The van der Waals surface area contributed by atoms with E-state index in [-0.39, 0.29) is 10.8 Å². The molecular formula is C16H33N3O2. The third-order valence-electron chi connectivity index (χ3n) is 4.96. The summed E-state index contributed by atoms with van der Waals surface area (Å²) in [6, 6.07) is 0. The fraction of sp³-hybridized carbons (Fsp3) is 0.938. The van der Waals surface area contributed by atoms with Crippen molar-refractivity contribution in [3.8, 4) is 0 Å². The fourth-order valence-electron chi connectivity index (χ4n) is 3.13. The second kappa shape index (κ2) is 8.59. The number of nitrogens with two attached hydrogens (primary N) is 1. The molecule has 5 nitrogen and oxygen atoms in total. The van der Waals surface area contributed by atoms with Crippen molar-refractivity contribution in [2.45, 2.75) is 65.2 Å². The smallest absolute Gasteiger partial charge is 0.144 e. The maximum Gasteiger partial charge on any atom is 0.144 e. The molecule has 1 fully saturated rings. The number of nitrogens with one attached hydrogen (secondary N) is 1. The fourth-order valence-corrected chi connectivity index (χ4v) is 3.13. The van der Waals surface area contributed by atoms with Crippen molar-refractivity contribution >= 4 is 5.84 Å². The predicted molar refractivity (Wildman–Crippen MR) is 86.5 cm³/mol. The van der Waals surface area contributed by atoms with Crippen LogP contribution < -0.4 is 11.1 Å². The molecule has 1 aliphatic rings. The summed E-state index contributed by atoms with van der Waals surface area (Å²) in [5.41, 5.74) is 5.55. The molecule has 0 amide bonds. The van der Waals surface area contributed by atoms with E-state index in [1.807, 2.05) is 13.8 Å². The molecule has 0 atom stereocenters. The molecular weight excluding hydrogens is 266 g/mol. The standard InChI is InChI=1S/C16H33N3O2/c1-15(2,14(17)19-21)8-6-7-11-18-12-16(13-20)9-4-3-5-10-16/h18,20-21H,3-13H2,1-2H3,(H2,17,19). The summed E-state index contributed by atoms with van der Waals surface area (Å²) >= 11 is 0. The molecule has 0 aromatic carbocycles. The van der Waals surface area contributed by atoms with Gasteiger partial charge in [0.25, 0.3) is 0 Å². The Balaban J connectivity index is 2.17. The number of hydrogen-bond donors (Lipinski definition) is 4. The van der Waals surface area contributed by atoms with Crippen LogP contribution in [0.2, 0.25) is 0 Å². The van der Waals surface area contributed by atoms with Gasteiger partial charge in [-0.3, -0.25) is 0 Å². The van der Waals surface area contributed by atoms with Gasteiger partial charge in [-0.15, -0.1) is 0 Å². The lowest BCUT2D eigenvalue weighted by Crippen LogP contribution is -2.39. The zero-order valence-corrected chi connectivity index (χ0v) is 13.7. The molecule has 5 heteroatoms. The van der Waals surface area contributed by atoms with Crippen LogP contribution in [0.25, 0.3) is 0 Å². The van der Waals surface area contributed by atoms with Crippen LogP contribution in [0, 0.1) is 10.8 Å². The zero-order chi connectivity index (χ0) is 15.8. The summed E-state index contributed by atoms with van der Waals surface area (Å²) in [6.45, 7) is 6.19. The van der Waals surface area contributed by atoms with Gasteiger partial charge in [0.1, 0.15) is 5.84 Å². The highest BCUT2D eigenvalue weighted by atomic mass is 16.4. The van der Waals surface area contributed by atoms with Gasteiger partial charge in [-0.1, -0.05) is 44.7 Å². The first-order chi connectivity index (χ1) is 9.96. The minimum atomic E-state index is -0.246. The number of aliphatic hydroxyl groups excluding tert-OH is 1. The van der Waals surface area contributed by atoms with E-state index < -0.39 is 0 Å². The Bertz CT molecular complexity index is 323. The molecule has 1 aliphatic carbocycles. The van der Waals surface area contributed by atoms with Gasteiger partial charge >= 0.3 is 0 Å². The summed E-state index contributed by atoms with van der Waals surface area (Å²) in [5, 5.41) is 25.0. The summed E-state index contributed by atoms with van der Waals surface area (Å²) in [5.74, 6) is 0.303. The minimum absolute atomic E-state index is 0.117. The van der Waals surface area contributed by atoms with Gasteiger partial charge in [0, 0.05) is 24.0 Å². The number of rotatable bonds is 9. The molecule has 1 saturated carbocycles. The van der Waals surface area contributed by atoms with Crippen molar-refractivity contribution < 1.29 is 10.3 Å². The van der Waals surface area contributed by atoms with Crippen LogP contribution in [0.15, 0.2) is 5.16 Å². The Labute approximate surface area is 129 Å². The highest BCUT2D eigenvalue weighted by Gasteiger charge is 2.30. The Morgan fingerprint density at radius 1 is 1.24 bits per heavy atom. The summed E-state index contributed by atoms with van der Waals surface area (Å²) < 4.78 is 0. The number of unbranched alkanes of at least 4 members (excludes halogenated alkanes) is 1. The van der Waals surface area contributed by atoms with Crippen molar-refractivity contribution in [2.24, 2.45) is 21.7 Å². The molecule has 0 bridgehead atoms. The molecule has 0 aromatic rings. The topological polar surface area (TPSA) is 90.9 Å². The van der Waals surface area contributed by atoms with E-state index in [9.17, 15) is 5.11 Å². The predicted octanol–water partition coefficient (Wildman–Crippen LogP) is 2.46. The molecule has 21 heavy (non-hydrogen) atoms. The lowest BCUT2D eigenvalue weighted by Gasteiger charge is -2.35. The third-order valence-corrected chi connectivity index (χ3v) is 4.96. The Kier molecular flexibility index (Phi) is 7.46. The molecule has 0 radical (unpaired) electrons. The van der Waals surface area contributed by atoms with Crippen molar-refractivity contribution in [3.05, 3.63) is 0 Å². The van der Waals surface area contributed by atoms with Gasteiger partial charge in [0.15, 0.2) is 0 Å². The molecule has 0 heterocycles.